The van der Waals surface area contributed by atoms with E-state index in [0.29, 0.717) is 0 Å². The van der Waals surface area contributed by atoms with Crippen molar-refractivity contribution in [3.63, 3.8) is 0 Å². The van der Waals surface area contributed by atoms with E-state index >= 15 is 0 Å². The van der Waals surface area contributed by atoms with Gasteiger partial charge in [0.05, 0.1) is 5.69 Å². The van der Waals surface area contributed by atoms with Gasteiger partial charge in [0.15, 0.2) is 5.13 Å². The summed E-state index contributed by atoms with van der Waals surface area (Å²) in [7, 11) is 0. The van der Waals surface area contributed by atoms with Gasteiger partial charge in [0.2, 0.25) is 0 Å². The molecule has 0 atom stereocenters. The second-order valence-corrected chi connectivity index (χ2v) is 4.73. The van der Waals surface area contributed by atoms with Crippen molar-refractivity contribution in [2.24, 2.45) is 0 Å². The first-order valence-electron chi connectivity index (χ1n) is 5.93. The minimum atomic E-state index is -2.81. The maximum absolute atomic E-state index is 12.2. The van der Waals surface area contributed by atoms with Gasteiger partial charge in [0.25, 0.3) is 0 Å². The van der Waals surface area contributed by atoms with Crippen LogP contribution in [0.3, 0.4) is 0 Å². The Hall–Kier alpha value is -1.69. The Morgan fingerprint density at radius 1 is 1.42 bits per heavy atom. The molecule has 3 nitrogen and oxygen atoms in total. The number of nitrogens with zero attached hydrogens (tertiary/aromatic N) is 1. The third-order valence-electron chi connectivity index (χ3n) is 2.39. The highest BCUT2D eigenvalue weighted by Crippen LogP contribution is 2.27. The van der Waals surface area contributed by atoms with Gasteiger partial charge in [-0.05, 0) is 18.6 Å². The van der Waals surface area contributed by atoms with Crippen molar-refractivity contribution in [1.82, 2.24) is 4.98 Å². The van der Waals surface area contributed by atoms with E-state index in [1.165, 1.54) is 17.4 Å². The van der Waals surface area contributed by atoms with Crippen LogP contribution >= 0.6 is 11.3 Å². The molecule has 1 N–H and O–H groups in total. The first kappa shape index (κ1) is 13.7. The summed E-state index contributed by atoms with van der Waals surface area (Å²) in [4.78, 5) is 4.40. The number of halogens is 2. The van der Waals surface area contributed by atoms with Crippen LogP contribution in [0.5, 0.6) is 5.75 Å². The number of thiazole rings is 1. The van der Waals surface area contributed by atoms with E-state index < -0.39 is 6.61 Å². The maximum Gasteiger partial charge on any atom is 0.387 e. The van der Waals surface area contributed by atoms with Gasteiger partial charge in [-0.15, -0.1) is 11.3 Å². The molecular weight excluding hydrogens is 270 g/mol. The van der Waals surface area contributed by atoms with Crippen LogP contribution in [0.15, 0.2) is 29.6 Å². The summed E-state index contributed by atoms with van der Waals surface area (Å²) in [5.41, 5.74) is 1.52. The standard InChI is InChI=1S/C13H14F2N2OS/c1-2-6-16-13-17-11(8-19-13)9-4-3-5-10(7-9)18-12(14)15/h3-5,7-8,12H,2,6H2,1H3,(H,16,17). The van der Waals surface area contributed by atoms with Crippen LogP contribution in [-0.2, 0) is 0 Å². The number of aromatic nitrogens is 1. The number of hydrogen-bond acceptors (Lipinski definition) is 4. The largest absolute Gasteiger partial charge is 0.435 e. The molecule has 0 aliphatic rings. The van der Waals surface area contributed by atoms with E-state index in [9.17, 15) is 8.78 Å². The normalized spacial score (nSPS) is 10.7. The Labute approximate surface area is 114 Å². The minimum absolute atomic E-state index is 0.142. The van der Waals surface area contributed by atoms with E-state index in [4.69, 9.17) is 0 Å². The predicted molar refractivity (Wildman–Crippen MR) is 73.0 cm³/mol. The molecule has 2 aromatic rings. The van der Waals surface area contributed by atoms with Gasteiger partial charge in [-0.1, -0.05) is 19.1 Å². The van der Waals surface area contributed by atoms with Gasteiger partial charge in [-0.2, -0.15) is 8.78 Å². The van der Waals surface area contributed by atoms with Gasteiger partial charge < -0.3 is 10.1 Å². The molecule has 102 valence electrons. The Kier molecular flexibility index (Phi) is 4.68. The lowest BCUT2D eigenvalue weighted by Gasteiger charge is -2.05. The molecule has 0 radical (unpaired) electrons. The zero-order valence-corrected chi connectivity index (χ0v) is 11.2. The van der Waals surface area contributed by atoms with Gasteiger partial charge in [-0.25, -0.2) is 4.98 Å². The quantitative estimate of drug-likeness (QED) is 0.861. The Balaban J connectivity index is 2.14. The summed E-state index contributed by atoms with van der Waals surface area (Å²) in [6.07, 6.45) is 1.02. The van der Waals surface area contributed by atoms with Crippen LogP contribution in [0.1, 0.15) is 13.3 Å². The summed E-state index contributed by atoms with van der Waals surface area (Å²) in [6.45, 7) is 0.126. The average Bonchev–Trinajstić information content (AvgIpc) is 2.84. The summed E-state index contributed by atoms with van der Waals surface area (Å²) < 4.78 is 28.7. The highest BCUT2D eigenvalue weighted by molar-refractivity contribution is 7.14. The van der Waals surface area contributed by atoms with Crippen molar-refractivity contribution >= 4 is 16.5 Å². The van der Waals surface area contributed by atoms with Crippen LogP contribution in [0.4, 0.5) is 13.9 Å². The van der Waals surface area contributed by atoms with E-state index in [2.05, 4.69) is 22.0 Å². The molecule has 0 amide bonds. The first-order chi connectivity index (χ1) is 9.19. The molecule has 0 bridgehead atoms. The van der Waals surface area contributed by atoms with Crippen molar-refractivity contribution < 1.29 is 13.5 Å². The smallest absolute Gasteiger partial charge is 0.387 e. The van der Waals surface area contributed by atoms with Crippen molar-refractivity contribution in [2.45, 2.75) is 20.0 Å². The first-order valence-corrected chi connectivity index (χ1v) is 6.81. The lowest BCUT2D eigenvalue weighted by Crippen LogP contribution is -2.01. The summed E-state index contributed by atoms with van der Waals surface area (Å²) in [6, 6.07) is 6.55. The van der Waals surface area contributed by atoms with Crippen molar-refractivity contribution in [2.75, 3.05) is 11.9 Å². The summed E-state index contributed by atoms with van der Waals surface area (Å²) in [5, 5.41) is 5.91. The fraction of sp³-hybridized carbons (Fsp3) is 0.308. The number of ether oxygens (including phenoxy) is 1. The zero-order chi connectivity index (χ0) is 13.7. The van der Waals surface area contributed by atoms with Crippen LogP contribution in [0.2, 0.25) is 0 Å². The molecular formula is C13H14F2N2OS. The molecule has 2 rings (SSSR count). The fourth-order valence-corrected chi connectivity index (χ4v) is 2.30. The third kappa shape index (κ3) is 3.89. The minimum Gasteiger partial charge on any atom is -0.435 e. The molecule has 0 unspecified atom stereocenters. The molecule has 1 heterocycles. The molecule has 6 heteroatoms. The fourth-order valence-electron chi connectivity index (χ4n) is 1.55. The molecule has 1 aromatic heterocycles. The Morgan fingerprint density at radius 3 is 3.00 bits per heavy atom. The number of benzene rings is 1. The molecule has 0 aliphatic carbocycles. The van der Waals surface area contributed by atoms with Crippen molar-refractivity contribution in [3.8, 4) is 17.0 Å². The summed E-state index contributed by atoms with van der Waals surface area (Å²) in [5.74, 6) is 0.142. The lowest BCUT2D eigenvalue weighted by molar-refractivity contribution is -0.0498. The lowest BCUT2D eigenvalue weighted by atomic mass is 10.2. The molecule has 0 saturated heterocycles. The number of alkyl halides is 2. The number of anilines is 1. The van der Waals surface area contributed by atoms with E-state index in [0.717, 1.165) is 29.4 Å². The number of rotatable bonds is 6. The van der Waals surface area contributed by atoms with Gasteiger partial charge in [-0.3, -0.25) is 0 Å². The van der Waals surface area contributed by atoms with Crippen LogP contribution in [-0.4, -0.2) is 18.1 Å². The predicted octanol–water partition coefficient (Wildman–Crippen LogP) is 4.23. The maximum atomic E-state index is 12.2. The number of hydrogen-bond donors (Lipinski definition) is 1. The molecule has 0 saturated carbocycles. The average molecular weight is 284 g/mol. The topological polar surface area (TPSA) is 34.2 Å². The number of nitrogens with one attached hydrogen (secondary N) is 1. The van der Waals surface area contributed by atoms with Crippen LogP contribution in [0, 0.1) is 0 Å². The van der Waals surface area contributed by atoms with E-state index in [-0.39, 0.29) is 5.75 Å². The molecule has 0 spiro atoms. The van der Waals surface area contributed by atoms with Crippen molar-refractivity contribution in [1.29, 1.82) is 0 Å². The molecule has 19 heavy (non-hydrogen) atoms. The second kappa shape index (κ2) is 6.47. The SMILES string of the molecule is CCCNc1nc(-c2cccc(OC(F)F)c2)cs1. The summed E-state index contributed by atoms with van der Waals surface area (Å²) >= 11 is 1.49. The second-order valence-electron chi connectivity index (χ2n) is 3.87. The highest BCUT2D eigenvalue weighted by Gasteiger charge is 2.08. The molecule has 1 aromatic carbocycles. The monoisotopic (exact) mass is 284 g/mol. The zero-order valence-electron chi connectivity index (χ0n) is 10.4. The molecule has 0 fully saturated rings. The Bertz CT molecular complexity index is 531. The highest BCUT2D eigenvalue weighted by atomic mass is 32.1. The third-order valence-corrected chi connectivity index (χ3v) is 3.19. The van der Waals surface area contributed by atoms with Crippen molar-refractivity contribution in [3.05, 3.63) is 29.6 Å². The molecule has 0 aliphatic heterocycles. The van der Waals surface area contributed by atoms with Gasteiger partial charge >= 0.3 is 6.61 Å². The van der Waals surface area contributed by atoms with Crippen LogP contribution in [0.25, 0.3) is 11.3 Å². The van der Waals surface area contributed by atoms with Gasteiger partial charge in [0, 0.05) is 17.5 Å². The van der Waals surface area contributed by atoms with E-state index in [1.807, 2.05) is 11.4 Å². The van der Waals surface area contributed by atoms with E-state index in [1.54, 1.807) is 12.1 Å². The Morgan fingerprint density at radius 2 is 2.26 bits per heavy atom. The van der Waals surface area contributed by atoms with Crippen LogP contribution < -0.4 is 10.1 Å². The van der Waals surface area contributed by atoms with Gasteiger partial charge in [0.1, 0.15) is 5.75 Å².